The Bertz CT molecular complexity index is 426. The normalized spacial score (nSPS) is 12.2. The number of hydrogen-bond donors (Lipinski definition) is 1. The van der Waals surface area contributed by atoms with E-state index in [1.807, 2.05) is 32.8 Å². The molecule has 0 saturated heterocycles. The molecular formula is C12H21ClN4O. The molecule has 6 heteroatoms. The lowest BCUT2D eigenvalue weighted by atomic mass is 9.86. The van der Waals surface area contributed by atoms with Gasteiger partial charge in [-0.05, 0) is 14.1 Å². The minimum atomic E-state index is -0.625. The molecule has 0 aliphatic rings. The maximum absolute atomic E-state index is 12.4. The number of likely N-dealkylation sites (N-methyl/N-ethyl adjacent to an activating group) is 1. The summed E-state index contributed by atoms with van der Waals surface area (Å²) in [6.07, 6.45) is 1.51. The van der Waals surface area contributed by atoms with Crippen LogP contribution < -0.4 is 5.73 Å². The summed E-state index contributed by atoms with van der Waals surface area (Å²) in [5.41, 5.74) is 5.46. The minimum Gasteiger partial charge on any atom is -0.329 e. The fraction of sp³-hybridized carbons (Fsp3) is 0.667. The number of ketones is 1. The van der Waals surface area contributed by atoms with E-state index in [1.54, 1.807) is 4.68 Å². The third-order valence-electron chi connectivity index (χ3n) is 2.89. The van der Waals surface area contributed by atoms with Crippen LogP contribution in [0.25, 0.3) is 0 Å². The van der Waals surface area contributed by atoms with Crippen molar-refractivity contribution in [3.05, 3.63) is 16.9 Å². The van der Waals surface area contributed by atoms with Crippen LogP contribution in [0.4, 0.5) is 0 Å². The second-order valence-corrected chi connectivity index (χ2v) is 5.69. The molecule has 5 nitrogen and oxygen atoms in total. The SMILES string of the molecule is CN(C)CCn1ncc(Cl)c1C(=O)C(C)(C)CN. The Labute approximate surface area is 113 Å². The van der Waals surface area contributed by atoms with Gasteiger partial charge in [0.05, 0.1) is 17.8 Å². The van der Waals surface area contributed by atoms with Gasteiger partial charge in [0, 0.05) is 18.5 Å². The Morgan fingerprint density at radius 2 is 2.17 bits per heavy atom. The number of halogens is 1. The van der Waals surface area contributed by atoms with E-state index in [0.29, 0.717) is 17.3 Å². The van der Waals surface area contributed by atoms with Crippen molar-refractivity contribution < 1.29 is 4.79 Å². The molecule has 0 fully saturated rings. The molecule has 0 aliphatic carbocycles. The molecule has 18 heavy (non-hydrogen) atoms. The van der Waals surface area contributed by atoms with Crippen molar-refractivity contribution in [2.45, 2.75) is 20.4 Å². The Morgan fingerprint density at radius 1 is 1.56 bits per heavy atom. The number of carbonyl (C=O) groups excluding carboxylic acids is 1. The number of carbonyl (C=O) groups is 1. The molecule has 0 amide bonds. The van der Waals surface area contributed by atoms with Gasteiger partial charge >= 0.3 is 0 Å². The van der Waals surface area contributed by atoms with Crippen LogP contribution in [0, 0.1) is 5.41 Å². The lowest BCUT2D eigenvalue weighted by Gasteiger charge is -2.21. The van der Waals surface area contributed by atoms with Gasteiger partial charge in [0.1, 0.15) is 5.69 Å². The molecule has 0 saturated carbocycles. The maximum atomic E-state index is 12.4. The highest BCUT2D eigenvalue weighted by Gasteiger charge is 2.31. The van der Waals surface area contributed by atoms with Crippen LogP contribution in [0.15, 0.2) is 6.20 Å². The zero-order chi connectivity index (χ0) is 13.9. The Balaban J connectivity index is 3.01. The quantitative estimate of drug-likeness (QED) is 0.792. The number of Topliss-reactive ketones (excluding diaryl/α,β-unsaturated/α-hetero) is 1. The van der Waals surface area contributed by atoms with E-state index >= 15 is 0 Å². The van der Waals surface area contributed by atoms with Gasteiger partial charge in [0.2, 0.25) is 0 Å². The molecular weight excluding hydrogens is 252 g/mol. The number of hydrogen-bond acceptors (Lipinski definition) is 4. The van der Waals surface area contributed by atoms with Crippen molar-refractivity contribution in [3.63, 3.8) is 0 Å². The monoisotopic (exact) mass is 272 g/mol. The molecule has 1 heterocycles. The van der Waals surface area contributed by atoms with E-state index in [1.165, 1.54) is 6.20 Å². The van der Waals surface area contributed by atoms with Crippen molar-refractivity contribution in [2.75, 3.05) is 27.2 Å². The van der Waals surface area contributed by atoms with Crippen molar-refractivity contribution >= 4 is 17.4 Å². The first kappa shape index (κ1) is 15.1. The van der Waals surface area contributed by atoms with Crippen LogP contribution in [-0.4, -0.2) is 47.6 Å². The summed E-state index contributed by atoms with van der Waals surface area (Å²) >= 11 is 6.06. The molecule has 2 N–H and O–H groups in total. The summed E-state index contributed by atoms with van der Waals surface area (Å²) < 4.78 is 1.65. The highest BCUT2D eigenvalue weighted by molar-refractivity contribution is 6.33. The summed E-state index contributed by atoms with van der Waals surface area (Å²) in [5.74, 6) is -0.0637. The van der Waals surface area contributed by atoms with Crippen LogP contribution in [0.1, 0.15) is 24.3 Å². The number of rotatable bonds is 6. The van der Waals surface area contributed by atoms with Crippen molar-refractivity contribution in [3.8, 4) is 0 Å². The van der Waals surface area contributed by atoms with Gasteiger partial charge in [-0.25, -0.2) is 0 Å². The molecule has 0 bridgehead atoms. The van der Waals surface area contributed by atoms with Crippen molar-refractivity contribution in [1.82, 2.24) is 14.7 Å². The third kappa shape index (κ3) is 3.31. The second kappa shape index (κ2) is 5.82. The fourth-order valence-electron chi connectivity index (χ4n) is 1.47. The molecule has 1 aromatic rings. The first-order valence-corrected chi connectivity index (χ1v) is 6.28. The van der Waals surface area contributed by atoms with Crippen LogP contribution >= 0.6 is 11.6 Å². The van der Waals surface area contributed by atoms with E-state index in [2.05, 4.69) is 5.10 Å². The highest BCUT2D eigenvalue weighted by Crippen LogP contribution is 2.25. The predicted octanol–water partition coefficient (Wildman–Crippen LogP) is 1.27. The van der Waals surface area contributed by atoms with Crippen LogP contribution in [0.3, 0.4) is 0 Å². The van der Waals surface area contributed by atoms with E-state index in [4.69, 9.17) is 17.3 Å². The lowest BCUT2D eigenvalue weighted by Crippen LogP contribution is -2.35. The fourth-order valence-corrected chi connectivity index (χ4v) is 1.69. The topological polar surface area (TPSA) is 64.2 Å². The van der Waals surface area contributed by atoms with E-state index in [-0.39, 0.29) is 12.3 Å². The predicted molar refractivity (Wildman–Crippen MR) is 73.0 cm³/mol. The highest BCUT2D eigenvalue weighted by atomic mass is 35.5. The van der Waals surface area contributed by atoms with Gasteiger partial charge in [-0.1, -0.05) is 25.4 Å². The lowest BCUT2D eigenvalue weighted by molar-refractivity contribution is 0.0835. The minimum absolute atomic E-state index is 0.0637. The van der Waals surface area contributed by atoms with Gasteiger partial charge in [0.15, 0.2) is 5.78 Å². The molecule has 0 aromatic carbocycles. The summed E-state index contributed by atoms with van der Waals surface area (Å²) in [5, 5.41) is 4.54. The maximum Gasteiger partial charge on any atom is 0.189 e. The average Bonchev–Trinajstić information content (AvgIpc) is 2.66. The summed E-state index contributed by atoms with van der Waals surface area (Å²) in [6, 6.07) is 0. The van der Waals surface area contributed by atoms with Gasteiger partial charge in [-0.15, -0.1) is 0 Å². The zero-order valence-electron chi connectivity index (χ0n) is 11.4. The summed E-state index contributed by atoms with van der Waals surface area (Å²) in [6.45, 7) is 5.33. The Morgan fingerprint density at radius 3 is 2.67 bits per heavy atom. The summed E-state index contributed by atoms with van der Waals surface area (Å²) in [4.78, 5) is 14.4. The molecule has 1 aromatic heterocycles. The Kier molecular flexibility index (Phi) is 4.90. The first-order valence-electron chi connectivity index (χ1n) is 5.90. The van der Waals surface area contributed by atoms with Gasteiger partial charge in [-0.2, -0.15) is 5.10 Å². The van der Waals surface area contributed by atoms with E-state index < -0.39 is 5.41 Å². The van der Waals surface area contributed by atoms with Crippen LogP contribution in [0.2, 0.25) is 5.02 Å². The second-order valence-electron chi connectivity index (χ2n) is 5.28. The number of nitrogens with two attached hydrogens (primary N) is 1. The molecule has 0 radical (unpaired) electrons. The average molecular weight is 273 g/mol. The van der Waals surface area contributed by atoms with E-state index in [0.717, 1.165) is 6.54 Å². The number of aromatic nitrogens is 2. The zero-order valence-corrected chi connectivity index (χ0v) is 12.2. The van der Waals surface area contributed by atoms with Gasteiger partial charge in [0.25, 0.3) is 0 Å². The molecule has 0 atom stereocenters. The molecule has 102 valence electrons. The van der Waals surface area contributed by atoms with Gasteiger partial charge < -0.3 is 10.6 Å². The third-order valence-corrected chi connectivity index (χ3v) is 3.17. The number of nitrogens with zero attached hydrogens (tertiary/aromatic N) is 3. The molecule has 0 aliphatic heterocycles. The smallest absolute Gasteiger partial charge is 0.189 e. The summed E-state index contributed by atoms with van der Waals surface area (Å²) in [7, 11) is 3.94. The largest absolute Gasteiger partial charge is 0.329 e. The Hall–Kier alpha value is -0.910. The molecule has 1 rings (SSSR count). The van der Waals surface area contributed by atoms with E-state index in [9.17, 15) is 4.79 Å². The van der Waals surface area contributed by atoms with Crippen LogP contribution in [0.5, 0.6) is 0 Å². The standard InChI is InChI=1S/C12H21ClN4O/c1-12(2,8-14)11(18)10-9(13)7-15-17(10)6-5-16(3)4/h7H,5-6,8,14H2,1-4H3. The van der Waals surface area contributed by atoms with Crippen LogP contribution in [-0.2, 0) is 6.54 Å². The molecule has 0 unspecified atom stereocenters. The molecule has 0 spiro atoms. The first-order chi connectivity index (χ1) is 8.29. The van der Waals surface area contributed by atoms with Crippen molar-refractivity contribution in [2.24, 2.45) is 11.1 Å². The van der Waals surface area contributed by atoms with Gasteiger partial charge in [-0.3, -0.25) is 9.48 Å². The van der Waals surface area contributed by atoms with Crippen molar-refractivity contribution in [1.29, 1.82) is 0 Å².